The number of nitrogens with one attached hydrogen (secondary N) is 4. The summed E-state index contributed by atoms with van der Waals surface area (Å²) in [4.78, 5) is 0. The van der Waals surface area contributed by atoms with E-state index in [-0.39, 0.29) is 10.2 Å². The highest BCUT2D eigenvalue weighted by atomic mass is 32.1. The van der Waals surface area contributed by atoms with Gasteiger partial charge in [0.1, 0.15) is 0 Å². The SMILES string of the molecule is FC(F)(F)c1ccc(NC(=S)NCCOCCNC(=S)Nc2ccc(C(F)(F)F)cc2)cc1. The van der Waals surface area contributed by atoms with E-state index >= 15 is 0 Å². The zero-order valence-electron chi connectivity index (χ0n) is 16.9. The van der Waals surface area contributed by atoms with E-state index in [9.17, 15) is 26.3 Å². The van der Waals surface area contributed by atoms with Crippen LogP contribution in [0.1, 0.15) is 11.1 Å². The van der Waals surface area contributed by atoms with Crippen molar-refractivity contribution in [1.82, 2.24) is 10.6 Å². The Morgan fingerprint density at radius 3 is 1.27 bits per heavy atom. The lowest BCUT2D eigenvalue weighted by molar-refractivity contribution is -0.138. The highest BCUT2D eigenvalue weighted by molar-refractivity contribution is 7.80. The normalized spacial score (nSPS) is 11.6. The highest BCUT2D eigenvalue weighted by Crippen LogP contribution is 2.30. The Morgan fingerprint density at radius 2 is 0.970 bits per heavy atom. The van der Waals surface area contributed by atoms with Crippen LogP contribution in [0.5, 0.6) is 0 Å². The van der Waals surface area contributed by atoms with Crippen LogP contribution < -0.4 is 21.3 Å². The third-order valence-corrected chi connectivity index (χ3v) is 4.50. The van der Waals surface area contributed by atoms with Gasteiger partial charge in [0.2, 0.25) is 0 Å². The van der Waals surface area contributed by atoms with Gasteiger partial charge in [0.05, 0.1) is 24.3 Å². The van der Waals surface area contributed by atoms with Crippen molar-refractivity contribution in [1.29, 1.82) is 0 Å². The van der Waals surface area contributed by atoms with E-state index in [0.29, 0.717) is 37.7 Å². The first kappa shape index (κ1) is 26.6. The van der Waals surface area contributed by atoms with Crippen molar-refractivity contribution in [2.75, 3.05) is 36.9 Å². The number of thiocarbonyl (C=S) groups is 2. The Hall–Kier alpha value is -2.64. The largest absolute Gasteiger partial charge is 0.416 e. The lowest BCUT2D eigenvalue weighted by atomic mass is 10.2. The minimum atomic E-state index is -4.40. The molecule has 13 heteroatoms. The van der Waals surface area contributed by atoms with Crippen LogP contribution in [0.25, 0.3) is 0 Å². The maximum absolute atomic E-state index is 12.5. The van der Waals surface area contributed by atoms with Crippen LogP contribution in [-0.2, 0) is 17.1 Å². The zero-order valence-corrected chi connectivity index (χ0v) is 18.6. The second kappa shape index (κ2) is 12.0. The summed E-state index contributed by atoms with van der Waals surface area (Å²) < 4.78 is 80.7. The molecule has 0 aliphatic rings. The van der Waals surface area contributed by atoms with E-state index in [0.717, 1.165) is 24.3 Å². The van der Waals surface area contributed by atoms with Crippen LogP contribution in [0.4, 0.5) is 37.7 Å². The maximum atomic E-state index is 12.5. The van der Waals surface area contributed by atoms with E-state index in [1.54, 1.807) is 0 Å². The summed E-state index contributed by atoms with van der Waals surface area (Å²) in [6, 6.07) is 8.94. The van der Waals surface area contributed by atoms with Crippen molar-refractivity contribution in [2.45, 2.75) is 12.4 Å². The molecular formula is C20H20F6N4OS2. The minimum absolute atomic E-state index is 0.235. The van der Waals surface area contributed by atoms with E-state index in [2.05, 4.69) is 21.3 Å². The molecule has 180 valence electrons. The number of hydrogen-bond acceptors (Lipinski definition) is 3. The first-order valence-corrected chi connectivity index (χ1v) is 10.3. The summed E-state index contributed by atoms with van der Waals surface area (Å²) in [7, 11) is 0. The second-order valence-corrected chi connectivity index (χ2v) is 7.34. The fourth-order valence-corrected chi connectivity index (χ4v) is 2.85. The fraction of sp³-hybridized carbons (Fsp3) is 0.300. The molecule has 0 spiro atoms. The molecule has 0 fully saturated rings. The second-order valence-electron chi connectivity index (χ2n) is 6.52. The highest BCUT2D eigenvalue weighted by Gasteiger charge is 2.30. The number of hydrogen-bond donors (Lipinski definition) is 4. The van der Waals surface area contributed by atoms with Crippen LogP contribution in [0.2, 0.25) is 0 Å². The van der Waals surface area contributed by atoms with Gasteiger partial charge in [-0.1, -0.05) is 0 Å². The molecule has 0 aliphatic heterocycles. The predicted octanol–water partition coefficient (Wildman–Crippen LogP) is 5.01. The molecule has 0 aliphatic carbocycles. The van der Waals surface area contributed by atoms with Gasteiger partial charge >= 0.3 is 12.4 Å². The standard InChI is InChI=1S/C20H20F6N4OS2/c21-19(22,23)13-1-5-15(6-2-13)29-17(32)27-9-11-31-12-10-28-18(33)30-16-7-3-14(4-8-16)20(24,25)26/h1-8H,9-12H2,(H2,27,29,32)(H2,28,30,33). The number of alkyl halides is 6. The van der Waals surface area contributed by atoms with Crippen molar-refractivity contribution in [2.24, 2.45) is 0 Å². The smallest absolute Gasteiger partial charge is 0.378 e. The van der Waals surface area contributed by atoms with E-state index in [1.807, 2.05) is 0 Å². The summed E-state index contributed by atoms with van der Waals surface area (Å²) in [6.45, 7) is 1.33. The zero-order chi connectivity index (χ0) is 24.5. The van der Waals surface area contributed by atoms with Gasteiger partial charge in [0.15, 0.2) is 10.2 Å². The van der Waals surface area contributed by atoms with Gasteiger partial charge in [-0.25, -0.2) is 0 Å². The third-order valence-electron chi connectivity index (χ3n) is 4.00. The van der Waals surface area contributed by atoms with Crippen LogP contribution in [-0.4, -0.2) is 36.5 Å². The van der Waals surface area contributed by atoms with Gasteiger partial charge in [0.25, 0.3) is 0 Å². The molecule has 2 aromatic rings. The monoisotopic (exact) mass is 510 g/mol. The average molecular weight is 511 g/mol. The lowest BCUT2D eigenvalue weighted by Gasteiger charge is -2.13. The Balaban J connectivity index is 1.55. The summed E-state index contributed by atoms with van der Waals surface area (Å²) in [6.07, 6.45) is -8.79. The number of halogens is 6. The van der Waals surface area contributed by atoms with Gasteiger partial charge in [-0.15, -0.1) is 0 Å². The fourth-order valence-electron chi connectivity index (χ4n) is 2.41. The van der Waals surface area contributed by atoms with Crippen LogP contribution in [0.15, 0.2) is 48.5 Å². The molecule has 0 amide bonds. The summed E-state index contributed by atoms with van der Waals surface area (Å²) in [5, 5.41) is 11.7. The summed E-state index contributed by atoms with van der Waals surface area (Å²) in [5.41, 5.74) is -0.662. The average Bonchev–Trinajstić information content (AvgIpc) is 2.72. The molecule has 2 rings (SSSR count). The topological polar surface area (TPSA) is 57.4 Å². The number of rotatable bonds is 8. The molecule has 0 heterocycles. The van der Waals surface area contributed by atoms with E-state index in [4.69, 9.17) is 29.2 Å². The minimum Gasteiger partial charge on any atom is -0.378 e. The molecule has 5 nitrogen and oxygen atoms in total. The van der Waals surface area contributed by atoms with E-state index < -0.39 is 23.5 Å². The number of ether oxygens (including phenoxy) is 1. The van der Waals surface area contributed by atoms with Gasteiger partial charge in [-0.2, -0.15) is 26.3 Å². The maximum Gasteiger partial charge on any atom is 0.416 e. The predicted molar refractivity (Wildman–Crippen MR) is 122 cm³/mol. The van der Waals surface area contributed by atoms with E-state index in [1.165, 1.54) is 24.3 Å². The van der Waals surface area contributed by atoms with Gasteiger partial charge in [-0.3, -0.25) is 0 Å². The van der Waals surface area contributed by atoms with Crippen LogP contribution in [0.3, 0.4) is 0 Å². The van der Waals surface area contributed by atoms with Crippen LogP contribution in [0, 0.1) is 0 Å². The Labute approximate surface area is 196 Å². The molecule has 0 atom stereocenters. The number of anilines is 2. The quantitative estimate of drug-likeness (QED) is 0.226. The molecule has 0 bridgehead atoms. The molecule has 33 heavy (non-hydrogen) atoms. The van der Waals surface area contributed by atoms with Crippen molar-refractivity contribution < 1.29 is 31.1 Å². The molecule has 0 radical (unpaired) electrons. The Kier molecular flexibility index (Phi) is 9.68. The van der Waals surface area contributed by atoms with Gasteiger partial charge in [0, 0.05) is 24.5 Å². The van der Waals surface area contributed by atoms with Crippen molar-refractivity contribution in [3.05, 3.63) is 59.7 Å². The molecule has 0 unspecified atom stereocenters. The van der Waals surface area contributed by atoms with Crippen LogP contribution >= 0.6 is 24.4 Å². The molecular weight excluding hydrogens is 490 g/mol. The van der Waals surface area contributed by atoms with Gasteiger partial charge in [-0.05, 0) is 73.0 Å². The summed E-state index contributed by atoms with van der Waals surface area (Å²) in [5.74, 6) is 0. The first-order valence-electron chi connectivity index (χ1n) is 9.47. The summed E-state index contributed by atoms with van der Waals surface area (Å²) >= 11 is 10.1. The third kappa shape index (κ3) is 9.80. The Morgan fingerprint density at radius 1 is 0.636 bits per heavy atom. The molecule has 0 saturated heterocycles. The van der Waals surface area contributed by atoms with Crippen molar-refractivity contribution in [3.8, 4) is 0 Å². The molecule has 0 aromatic heterocycles. The lowest BCUT2D eigenvalue weighted by Crippen LogP contribution is -2.33. The van der Waals surface area contributed by atoms with Gasteiger partial charge < -0.3 is 26.0 Å². The molecule has 0 saturated carbocycles. The van der Waals surface area contributed by atoms with Crippen molar-refractivity contribution >= 4 is 46.0 Å². The number of benzene rings is 2. The Bertz CT molecular complexity index is 843. The first-order chi connectivity index (χ1) is 15.4. The van der Waals surface area contributed by atoms with Crippen molar-refractivity contribution in [3.63, 3.8) is 0 Å². The molecule has 2 aromatic carbocycles. The molecule has 4 N–H and O–H groups in total.